The van der Waals surface area contributed by atoms with Crippen LogP contribution in [-0.2, 0) is 21.8 Å². The zero-order valence-electron chi connectivity index (χ0n) is 10.4. The maximum atomic E-state index is 12.7. The van der Waals surface area contributed by atoms with E-state index in [-0.39, 0.29) is 11.1 Å². The molecule has 0 saturated heterocycles. The normalized spacial score (nSPS) is 14.8. The molecule has 0 aliphatic rings. The second-order valence-corrected chi connectivity index (χ2v) is 3.99. The molecule has 0 aromatic carbocycles. The van der Waals surface area contributed by atoms with E-state index < -0.39 is 17.7 Å². The fraction of sp³-hybridized carbons (Fsp3) is 0.231. The van der Waals surface area contributed by atoms with Crippen molar-refractivity contribution in [3.05, 3.63) is 59.7 Å². The number of hydrogen-bond donors (Lipinski definition) is 0. The van der Waals surface area contributed by atoms with Crippen molar-refractivity contribution in [1.82, 2.24) is 9.97 Å². The fourth-order valence-corrected chi connectivity index (χ4v) is 1.73. The van der Waals surface area contributed by atoms with Gasteiger partial charge in [-0.15, -0.1) is 0 Å². The van der Waals surface area contributed by atoms with Crippen LogP contribution in [0.4, 0.5) is 13.2 Å². The first-order chi connectivity index (χ1) is 9.38. The van der Waals surface area contributed by atoms with Crippen LogP contribution in [0.5, 0.6) is 0 Å². The van der Waals surface area contributed by atoms with Crippen LogP contribution >= 0.6 is 0 Å². The zero-order valence-corrected chi connectivity index (χ0v) is 10.4. The van der Waals surface area contributed by atoms with E-state index in [2.05, 4.69) is 9.97 Å². The van der Waals surface area contributed by atoms with Crippen molar-refractivity contribution >= 4 is 0 Å². The number of halogens is 3. The third-order valence-electron chi connectivity index (χ3n) is 2.78. The molecule has 0 fully saturated rings. The molecule has 20 heavy (non-hydrogen) atoms. The highest BCUT2D eigenvalue weighted by Crippen LogP contribution is 2.32. The van der Waals surface area contributed by atoms with Gasteiger partial charge in [0.25, 0.3) is 5.79 Å². The lowest BCUT2D eigenvalue weighted by molar-refractivity contribution is -0.203. The van der Waals surface area contributed by atoms with Gasteiger partial charge in [-0.05, 0) is 24.3 Å². The molecule has 0 aliphatic carbocycles. The quantitative estimate of drug-likeness (QED) is 0.814. The number of hydrogen-bond acceptors (Lipinski definition) is 3. The maximum absolute atomic E-state index is 12.7. The maximum Gasteiger partial charge on any atom is 0.433 e. The number of ether oxygens (including phenoxy) is 1. The Morgan fingerprint density at radius 2 is 1.70 bits per heavy atom. The summed E-state index contributed by atoms with van der Waals surface area (Å²) in [6.07, 6.45) is -0.870. The molecule has 0 saturated carbocycles. The predicted octanol–water partition coefficient (Wildman–Crippen LogP) is 2.77. The van der Waals surface area contributed by atoms with Crippen LogP contribution in [0.2, 0.25) is 0 Å². The van der Waals surface area contributed by atoms with E-state index in [1.165, 1.54) is 31.6 Å². The smallest absolute Gasteiger partial charge is 0.344 e. The van der Waals surface area contributed by atoms with E-state index in [1.54, 1.807) is 0 Å². The van der Waals surface area contributed by atoms with Crippen LogP contribution in [0.1, 0.15) is 16.8 Å². The first-order valence-corrected chi connectivity index (χ1v) is 5.58. The first kappa shape index (κ1) is 14.4. The molecule has 0 amide bonds. The Morgan fingerprint density at radius 3 is 2.15 bits per heavy atom. The van der Waals surface area contributed by atoms with Crippen LogP contribution in [0.25, 0.3) is 0 Å². The summed E-state index contributed by atoms with van der Waals surface area (Å²) in [5.74, 6) is -2.12. The van der Waals surface area contributed by atoms with Gasteiger partial charge in [0.15, 0.2) is 0 Å². The van der Waals surface area contributed by atoms with Gasteiger partial charge in [-0.25, -0.2) is 0 Å². The summed E-state index contributed by atoms with van der Waals surface area (Å²) in [5.41, 5.74) is -0.842. The molecule has 0 aliphatic heterocycles. The van der Waals surface area contributed by atoms with E-state index >= 15 is 0 Å². The monoisotopic (exact) mass is 283 g/mol. The van der Waals surface area contributed by atoms with Crippen LogP contribution in [-0.4, -0.2) is 17.1 Å². The largest absolute Gasteiger partial charge is 0.433 e. The van der Waals surface area contributed by atoms with Crippen molar-refractivity contribution in [1.29, 1.82) is 0 Å². The molecule has 7 heteroatoms. The van der Waals surface area contributed by atoms with Crippen molar-refractivity contribution < 1.29 is 23.0 Å². The lowest BCUT2D eigenvalue weighted by atomic mass is 9.99. The molecule has 1 radical (unpaired) electrons. The summed E-state index contributed by atoms with van der Waals surface area (Å²) in [4.78, 5) is 7.04. The summed E-state index contributed by atoms with van der Waals surface area (Å²) >= 11 is 0. The van der Waals surface area contributed by atoms with Gasteiger partial charge in [0.05, 0.1) is 0 Å². The van der Waals surface area contributed by atoms with Crippen molar-refractivity contribution in [3.63, 3.8) is 0 Å². The number of nitrogens with zero attached hydrogens (tertiary/aromatic N) is 2. The molecule has 0 bridgehead atoms. The molecule has 2 heterocycles. The average Bonchev–Trinajstić information content (AvgIpc) is 2.46. The van der Waals surface area contributed by atoms with E-state index in [4.69, 9.17) is 4.74 Å². The first-order valence-electron chi connectivity index (χ1n) is 5.58. The van der Waals surface area contributed by atoms with E-state index in [0.29, 0.717) is 0 Å². The summed E-state index contributed by atoms with van der Waals surface area (Å²) in [6, 6.07) is 4.69. The molecule has 4 nitrogen and oxygen atoms in total. The van der Waals surface area contributed by atoms with Crippen molar-refractivity contribution in [3.8, 4) is 0 Å². The molecule has 105 valence electrons. The SMILES string of the molecule is COC([O])(c1ccncc1)c1ccc(C(F)(F)F)nc1. The van der Waals surface area contributed by atoms with Crippen molar-refractivity contribution in [2.75, 3.05) is 7.11 Å². The molecule has 0 N–H and O–H groups in total. The second kappa shape index (κ2) is 5.18. The van der Waals surface area contributed by atoms with E-state index in [0.717, 1.165) is 18.3 Å². The summed E-state index contributed by atoms with van der Waals surface area (Å²) in [7, 11) is 1.19. The molecule has 0 spiro atoms. The van der Waals surface area contributed by atoms with Gasteiger partial charge < -0.3 is 4.74 Å². The van der Waals surface area contributed by atoms with Crippen molar-refractivity contribution in [2.45, 2.75) is 12.0 Å². The van der Waals surface area contributed by atoms with Crippen molar-refractivity contribution in [2.24, 2.45) is 0 Å². The zero-order chi connectivity index (χ0) is 14.8. The molecular weight excluding hydrogens is 273 g/mol. The van der Waals surface area contributed by atoms with E-state index in [9.17, 15) is 18.3 Å². The van der Waals surface area contributed by atoms with Gasteiger partial charge in [0, 0.05) is 36.8 Å². The minimum atomic E-state index is -4.55. The number of rotatable bonds is 3. The standard InChI is InChI=1S/C13H10F3N2O2/c1-20-12(19,9-4-6-17-7-5-9)10-2-3-11(18-8-10)13(14,15)16/h2-8H,1H3. The summed E-state index contributed by atoms with van der Waals surface area (Å²) < 4.78 is 42.3. The number of methoxy groups -OCH3 is 1. The highest BCUT2D eigenvalue weighted by atomic mass is 19.4. The Bertz CT molecular complexity index is 572. The Hall–Kier alpha value is -1.99. The number of aromatic nitrogens is 2. The van der Waals surface area contributed by atoms with Crippen LogP contribution in [0, 0.1) is 0 Å². The minimum Gasteiger partial charge on any atom is -0.344 e. The number of pyridine rings is 2. The van der Waals surface area contributed by atoms with Crippen LogP contribution in [0.3, 0.4) is 0 Å². The van der Waals surface area contributed by atoms with E-state index in [1.807, 2.05) is 0 Å². The Kier molecular flexibility index (Phi) is 3.74. The predicted molar refractivity (Wildman–Crippen MR) is 62.0 cm³/mol. The molecule has 2 aromatic heterocycles. The van der Waals surface area contributed by atoms with Gasteiger partial charge in [0.1, 0.15) is 5.69 Å². The Morgan fingerprint density at radius 1 is 1.05 bits per heavy atom. The Balaban J connectivity index is 2.43. The average molecular weight is 283 g/mol. The molecule has 2 rings (SSSR count). The number of alkyl halides is 3. The van der Waals surface area contributed by atoms with Crippen LogP contribution in [0.15, 0.2) is 42.9 Å². The Labute approximate surface area is 112 Å². The second-order valence-electron chi connectivity index (χ2n) is 3.99. The third-order valence-corrected chi connectivity index (χ3v) is 2.78. The molecule has 2 aromatic rings. The fourth-order valence-electron chi connectivity index (χ4n) is 1.73. The molecule has 1 atom stereocenters. The molecule has 1 unspecified atom stereocenters. The third kappa shape index (κ3) is 2.63. The highest BCUT2D eigenvalue weighted by molar-refractivity contribution is 5.31. The van der Waals surface area contributed by atoms with Gasteiger partial charge >= 0.3 is 6.18 Å². The summed E-state index contributed by atoms with van der Waals surface area (Å²) in [5, 5.41) is 12.7. The van der Waals surface area contributed by atoms with Gasteiger partial charge in [0.2, 0.25) is 0 Å². The highest BCUT2D eigenvalue weighted by Gasteiger charge is 2.37. The van der Waals surface area contributed by atoms with Gasteiger partial charge in [-0.3, -0.25) is 9.97 Å². The van der Waals surface area contributed by atoms with Gasteiger partial charge in [-0.1, -0.05) is 0 Å². The van der Waals surface area contributed by atoms with Gasteiger partial charge in [-0.2, -0.15) is 18.3 Å². The summed E-state index contributed by atoms with van der Waals surface area (Å²) in [6.45, 7) is 0. The lowest BCUT2D eigenvalue weighted by Gasteiger charge is -2.24. The van der Waals surface area contributed by atoms with Crippen LogP contribution < -0.4 is 0 Å². The molecular formula is C13H10F3N2O2. The topological polar surface area (TPSA) is 54.9 Å². The lowest BCUT2D eigenvalue weighted by Crippen LogP contribution is -2.28. The minimum absolute atomic E-state index is 0.0146.